The molecule has 5 rings (SSSR count). The minimum absolute atomic E-state index is 0.0292. The molecule has 0 fully saturated rings. The largest absolute Gasteiger partial charge is 0.508 e. The van der Waals surface area contributed by atoms with Crippen molar-refractivity contribution < 1.29 is 136 Å². The molecule has 0 unspecified atom stereocenters. The quantitative estimate of drug-likeness (QED) is 0.0161. The van der Waals surface area contributed by atoms with E-state index >= 15 is 0 Å². The zero-order valence-electron chi connectivity index (χ0n) is 80.0. The molecule has 788 valence electrons. The molecule has 0 saturated heterocycles. The SMILES string of the molecule is CC(C)C[C@H](NC(=O)[C@H](C)NC(=O)[C@H](Cc1ccc(O)cc1)NC(=O)[C@H](CCC(=O)O)NC(=O)[C@H](CS)NC(=O)[C@H](CC(N)=O)NC(=O)[C@H](Cc1ccccc1)NC(=O)CNC(=O)[C@H](Cc1ccccc1)NC(=O)[C@H](CO)NC(=O)[C@H](CC(C)C)NC(=O)[C@H](Cc1ccccc1)NC(=O)[C@H](CC(N)=O)NC(=O)CNC(=O)[C@H](Cc1ccccc1)NC(=O)[C@H](CS)NC(=O)[C@@H](N)CO)C(=O)NCC(=O)N[C@@H](CO)C(=O)O. The molecule has 0 aromatic heterocycles. The van der Waals surface area contributed by atoms with Crippen LogP contribution < -0.4 is 113 Å². The van der Waals surface area contributed by atoms with Crippen LogP contribution in [0.2, 0.25) is 0 Å². The maximum Gasteiger partial charge on any atom is 0.328 e. The van der Waals surface area contributed by atoms with Gasteiger partial charge in [-0.3, -0.25) is 101 Å². The lowest BCUT2D eigenvalue weighted by atomic mass is 10.00. The van der Waals surface area contributed by atoms with Crippen molar-refractivity contribution in [2.45, 2.75) is 202 Å². The fourth-order valence-corrected chi connectivity index (χ4v) is 14.5. The zero-order chi connectivity index (χ0) is 108. The van der Waals surface area contributed by atoms with Crippen LogP contribution in [0.25, 0.3) is 0 Å². The Hall–Kier alpha value is -15.2. The molecule has 30 N–H and O–H groups in total. The molecule has 0 bridgehead atoms. The lowest BCUT2D eigenvalue weighted by molar-refractivity contribution is -0.143. The first-order chi connectivity index (χ1) is 68.7. The number of aromatic hydroxyl groups is 1. The number of aliphatic hydroxyl groups excluding tert-OH is 3. The van der Waals surface area contributed by atoms with Crippen LogP contribution in [0.1, 0.15) is 101 Å². The molecule has 5 aromatic rings. The molecule has 0 aliphatic carbocycles. The summed E-state index contributed by atoms with van der Waals surface area (Å²) in [4.78, 5) is 300. The minimum atomic E-state index is -1.98. The molecule has 0 aliphatic rings. The number of primary amides is 2. The van der Waals surface area contributed by atoms with E-state index in [1.54, 1.807) is 149 Å². The van der Waals surface area contributed by atoms with Gasteiger partial charge in [-0.15, -0.1) is 0 Å². The zero-order valence-corrected chi connectivity index (χ0v) is 81.8. The molecule has 16 atom stereocenters. The van der Waals surface area contributed by atoms with Crippen LogP contribution in [-0.4, -0.2) is 308 Å². The fraction of sp³-hybridized carbons (Fsp3) is 0.447. The predicted octanol–water partition coefficient (Wildman–Crippen LogP) is -8.50. The molecule has 51 heteroatoms. The maximum atomic E-state index is 14.7. The lowest BCUT2D eigenvalue weighted by Gasteiger charge is -2.27. The number of hydrogen-bond acceptors (Lipinski definition) is 29. The van der Waals surface area contributed by atoms with Crippen molar-refractivity contribution >= 4 is 155 Å². The van der Waals surface area contributed by atoms with Crippen molar-refractivity contribution in [3.63, 3.8) is 0 Å². The van der Waals surface area contributed by atoms with Gasteiger partial charge < -0.3 is 144 Å². The van der Waals surface area contributed by atoms with Crippen molar-refractivity contribution in [2.75, 3.05) is 51.0 Å². The first-order valence-corrected chi connectivity index (χ1v) is 47.1. The summed E-state index contributed by atoms with van der Waals surface area (Å²) in [6, 6.07) is 11.0. The number of thiol groups is 2. The number of aliphatic carboxylic acids is 2. The number of hydrogen-bond donors (Lipinski definition) is 29. The number of phenols is 1. The van der Waals surface area contributed by atoms with Crippen LogP contribution in [0.5, 0.6) is 5.75 Å². The molecule has 49 nitrogen and oxygen atoms in total. The lowest BCUT2D eigenvalue weighted by Crippen LogP contribution is -2.61. The van der Waals surface area contributed by atoms with E-state index in [0.717, 1.165) is 0 Å². The van der Waals surface area contributed by atoms with E-state index in [2.05, 4.69) is 116 Å². The number of rotatable bonds is 63. The standard InChI is InChI=1S/C94H127N21O28S2/c1-49(2)32-60(81(129)98-43-77(124)104-70(46-118)94(142)143)106-79(127)51(5)101-85(133)65(38-56-26-28-57(119)29-27-56)110-84(132)59(30-31-78(125)126)105-92(140)72(48-145)115-90(138)68(40-74(97)121)112-87(135)64(36-54-22-14-8-15-23-54)102-75(122)41-99-82(130)62(34-52-18-10-6-11-19-52)108-91(139)69(45-117)113-86(134)61(33-50(3)4)107-88(136)66(37-55-24-16-9-17-25-55)111-89(137)67(39-73(96)120)103-76(123)42-100-83(131)63(35-53-20-12-7-13-21-53)109-93(141)71(47-144)114-80(128)58(95)44-116/h6-29,49-51,58-72,116-119,144-145H,30-48,95H2,1-5H3,(H2,96,120)(H2,97,121)(H,98,129)(H,99,130)(H,100,131)(H,101,133)(H,102,122)(H,103,123)(H,104,124)(H,105,140)(H,106,127)(H,107,136)(H,108,139)(H,109,141)(H,110,132)(H,111,137)(H,112,135)(H,113,134)(H,114,128)(H,115,138)(H,125,126)(H,142,143)/t51-,58-,59-,60-,61-,62-,63-,64-,65-,66-,67-,68-,69-,70-,71-,72-/m0/s1. The van der Waals surface area contributed by atoms with Crippen LogP contribution in [0, 0.1) is 11.8 Å². The molecule has 0 saturated carbocycles. The number of carbonyl (C=O) groups excluding carboxylic acids is 20. The summed E-state index contributed by atoms with van der Waals surface area (Å²) in [5, 5.41) is 101. The summed E-state index contributed by atoms with van der Waals surface area (Å²) in [5.41, 5.74) is 18.8. The Kier molecular flexibility index (Phi) is 51.6. The van der Waals surface area contributed by atoms with Gasteiger partial charge in [0.2, 0.25) is 118 Å². The third kappa shape index (κ3) is 44.0. The van der Waals surface area contributed by atoms with Gasteiger partial charge in [-0.25, -0.2) is 4.79 Å². The van der Waals surface area contributed by atoms with E-state index in [9.17, 15) is 136 Å². The monoisotopic (exact) mass is 2060 g/mol. The van der Waals surface area contributed by atoms with Crippen molar-refractivity contribution in [1.29, 1.82) is 0 Å². The number of carboxylic acids is 2. The summed E-state index contributed by atoms with van der Waals surface area (Å²) in [5.74, 6) is -26.5. The van der Waals surface area contributed by atoms with Gasteiger partial charge in [-0.05, 0) is 78.0 Å². The Bertz CT molecular complexity index is 5280. The van der Waals surface area contributed by atoms with E-state index < -0.39 is 310 Å². The van der Waals surface area contributed by atoms with E-state index in [1.165, 1.54) is 31.2 Å². The maximum absolute atomic E-state index is 14.7. The van der Waals surface area contributed by atoms with E-state index in [0.29, 0.717) is 22.3 Å². The average Bonchev–Trinajstić information content (AvgIpc) is 0.850. The third-order valence-corrected chi connectivity index (χ3v) is 22.3. The number of aliphatic hydroxyl groups is 3. The molecule has 20 amide bonds. The average molecular weight is 2060 g/mol. The van der Waals surface area contributed by atoms with Crippen LogP contribution in [0.3, 0.4) is 0 Å². The number of carbonyl (C=O) groups is 22. The predicted molar refractivity (Wildman–Crippen MR) is 524 cm³/mol. The van der Waals surface area contributed by atoms with Gasteiger partial charge >= 0.3 is 11.9 Å². The number of phenolic OH excluding ortho intramolecular Hbond substituents is 1. The van der Waals surface area contributed by atoms with Gasteiger partial charge in [0.25, 0.3) is 0 Å². The second-order valence-electron chi connectivity index (χ2n) is 34.4. The van der Waals surface area contributed by atoms with E-state index in [1.807, 2.05) is 5.32 Å². The summed E-state index contributed by atoms with van der Waals surface area (Å²) in [6.07, 6.45) is -5.11. The van der Waals surface area contributed by atoms with Gasteiger partial charge in [0.05, 0.1) is 52.3 Å². The van der Waals surface area contributed by atoms with Gasteiger partial charge in [0.1, 0.15) is 102 Å². The first-order valence-electron chi connectivity index (χ1n) is 45.8. The Morgan fingerprint density at radius 2 is 0.552 bits per heavy atom. The molecule has 0 radical (unpaired) electrons. The number of nitrogens with two attached hydrogens (primary N) is 3. The van der Waals surface area contributed by atoms with Crippen LogP contribution >= 0.6 is 25.3 Å². The summed E-state index contributed by atoms with van der Waals surface area (Å²) < 4.78 is 0. The summed E-state index contributed by atoms with van der Waals surface area (Å²) >= 11 is 8.34. The van der Waals surface area contributed by atoms with Crippen LogP contribution in [0.4, 0.5) is 0 Å². The molecule has 5 aromatic carbocycles. The van der Waals surface area contributed by atoms with Crippen molar-refractivity contribution in [3.8, 4) is 5.75 Å². The third-order valence-electron chi connectivity index (χ3n) is 21.6. The topological polar surface area (TPSA) is 792 Å². The Labute approximate surface area is 844 Å². The number of nitrogens with one attached hydrogen (secondary N) is 18. The molecule has 0 spiro atoms. The smallest absolute Gasteiger partial charge is 0.328 e. The Morgan fingerprint density at radius 3 is 0.910 bits per heavy atom. The highest BCUT2D eigenvalue weighted by atomic mass is 32.1. The fourth-order valence-electron chi connectivity index (χ4n) is 13.9. The van der Waals surface area contributed by atoms with Crippen molar-refractivity contribution in [3.05, 3.63) is 173 Å². The molecular formula is C94H127N21O28S2. The van der Waals surface area contributed by atoms with E-state index in [4.69, 9.17) is 17.2 Å². The molecular weight excluding hydrogens is 1940 g/mol. The number of carboxylic acid groups (broad SMARTS) is 2. The number of benzene rings is 5. The van der Waals surface area contributed by atoms with Crippen LogP contribution in [0.15, 0.2) is 146 Å². The Balaban J connectivity index is 1.31. The summed E-state index contributed by atoms with van der Waals surface area (Å²) in [7, 11) is 0. The number of amides is 20. The van der Waals surface area contributed by atoms with Gasteiger partial charge in [-0.1, -0.05) is 161 Å². The molecule has 0 aliphatic heterocycles. The van der Waals surface area contributed by atoms with Gasteiger partial charge in [0, 0.05) is 50.0 Å². The minimum Gasteiger partial charge on any atom is -0.508 e. The van der Waals surface area contributed by atoms with Gasteiger partial charge in [-0.2, -0.15) is 25.3 Å². The van der Waals surface area contributed by atoms with E-state index in [-0.39, 0.29) is 61.5 Å². The van der Waals surface area contributed by atoms with Crippen molar-refractivity contribution in [2.24, 2.45) is 29.0 Å². The van der Waals surface area contributed by atoms with Crippen molar-refractivity contribution in [1.82, 2.24) is 95.7 Å². The highest BCUT2D eigenvalue weighted by Crippen LogP contribution is 2.17. The highest BCUT2D eigenvalue weighted by molar-refractivity contribution is 7.80. The molecule has 0 heterocycles. The normalized spacial score (nSPS) is 14.3. The summed E-state index contributed by atoms with van der Waals surface area (Å²) in [6.45, 7) is 2.44. The second kappa shape index (κ2) is 62.3. The Morgan fingerprint density at radius 1 is 0.290 bits per heavy atom. The van der Waals surface area contributed by atoms with Crippen LogP contribution in [-0.2, 0) is 138 Å². The first kappa shape index (κ1) is 120. The van der Waals surface area contributed by atoms with Gasteiger partial charge in [0.15, 0.2) is 0 Å². The highest BCUT2D eigenvalue weighted by Gasteiger charge is 2.39. The molecule has 145 heavy (non-hydrogen) atoms. The second-order valence-corrected chi connectivity index (χ2v) is 35.2.